The Morgan fingerprint density at radius 1 is 1.10 bits per heavy atom. The number of hydrogen-bond donors (Lipinski definition) is 2. The first-order chi connectivity index (χ1) is 9.95. The fraction of sp³-hybridized carbons (Fsp3) is 0.333. The van der Waals surface area contributed by atoms with Gasteiger partial charge in [-0.25, -0.2) is 0 Å². The van der Waals surface area contributed by atoms with Crippen LogP contribution in [0, 0.1) is 6.92 Å². The highest BCUT2D eigenvalue weighted by molar-refractivity contribution is 5.62. The monoisotopic (exact) mass is 284 g/mol. The lowest BCUT2D eigenvalue weighted by atomic mass is 10.1. The SMILES string of the molecule is Cc1ccc(NC(C)Cc2ccc(O)cc2)cc1N(C)C. The van der Waals surface area contributed by atoms with Crippen LogP contribution in [0.5, 0.6) is 5.75 Å². The van der Waals surface area contributed by atoms with Gasteiger partial charge in [0, 0.05) is 31.5 Å². The highest BCUT2D eigenvalue weighted by Gasteiger charge is 2.06. The minimum Gasteiger partial charge on any atom is -0.508 e. The average Bonchev–Trinajstić information content (AvgIpc) is 2.43. The van der Waals surface area contributed by atoms with E-state index in [0.29, 0.717) is 11.8 Å². The van der Waals surface area contributed by atoms with Crippen LogP contribution in [0.15, 0.2) is 42.5 Å². The highest BCUT2D eigenvalue weighted by atomic mass is 16.3. The molecule has 112 valence electrons. The topological polar surface area (TPSA) is 35.5 Å². The Morgan fingerprint density at radius 3 is 2.38 bits per heavy atom. The van der Waals surface area contributed by atoms with Gasteiger partial charge in [-0.15, -0.1) is 0 Å². The first-order valence-electron chi connectivity index (χ1n) is 7.28. The summed E-state index contributed by atoms with van der Waals surface area (Å²) in [6.45, 7) is 4.29. The predicted octanol–water partition coefficient (Wildman–Crippen LogP) is 3.81. The summed E-state index contributed by atoms with van der Waals surface area (Å²) in [5.41, 5.74) is 4.86. The van der Waals surface area contributed by atoms with E-state index >= 15 is 0 Å². The van der Waals surface area contributed by atoms with Crippen molar-refractivity contribution in [3.63, 3.8) is 0 Å². The molecule has 0 aliphatic carbocycles. The van der Waals surface area contributed by atoms with Crippen LogP contribution < -0.4 is 10.2 Å². The van der Waals surface area contributed by atoms with Gasteiger partial charge in [-0.1, -0.05) is 18.2 Å². The number of phenols is 1. The van der Waals surface area contributed by atoms with E-state index in [2.05, 4.69) is 56.4 Å². The van der Waals surface area contributed by atoms with Crippen LogP contribution in [0.1, 0.15) is 18.1 Å². The van der Waals surface area contributed by atoms with Crippen LogP contribution in [0.3, 0.4) is 0 Å². The molecule has 3 heteroatoms. The number of nitrogens with zero attached hydrogens (tertiary/aromatic N) is 1. The largest absolute Gasteiger partial charge is 0.508 e. The van der Waals surface area contributed by atoms with Gasteiger partial charge in [0.1, 0.15) is 5.75 Å². The van der Waals surface area contributed by atoms with Crippen molar-refractivity contribution in [3.8, 4) is 5.75 Å². The maximum Gasteiger partial charge on any atom is 0.115 e. The van der Waals surface area contributed by atoms with Gasteiger partial charge in [0.2, 0.25) is 0 Å². The second-order valence-electron chi connectivity index (χ2n) is 5.81. The van der Waals surface area contributed by atoms with Gasteiger partial charge in [-0.2, -0.15) is 0 Å². The maximum atomic E-state index is 9.31. The van der Waals surface area contributed by atoms with Crippen molar-refractivity contribution in [2.24, 2.45) is 0 Å². The lowest BCUT2D eigenvalue weighted by Crippen LogP contribution is -2.18. The zero-order valence-corrected chi connectivity index (χ0v) is 13.2. The molecule has 0 amide bonds. The summed E-state index contributed by atoms with van der Waals surface area (Å²) in [5.74, 6) is 0.313. The minimum atomic E-state index is 0.313. The Morgan fingerprint density at radius 2 is 1.76 bits per heavy atom. The van der Waals surface area contributed by atoms with E-state index in [1.165, 1.54) is 16.8 Å². The number of hydrogen-bond acceptors (Lipinski definition) is 3. The van der Waals surface area contributed by atoms with Gasteiger partial charge in [0.05, 0.1) is 0 Å². The van der Waals surface area contributed by atoms with Crippen molar-refractivity contribution < 1.29 is 5.11 Å². The number of benzene rings is 2. The standard InChI is InChI=1S/C18H24N2O/c1-13-5-8-16(12-18(13)20(3)4)19-14(2)11-15-6-9-17(21)10-7-15/h5-10,12,14,19,21H,11H2,1-4H3. The molecule has 0 heterocycles. The molecule has 1 unspecified atom stereocenters. The highest BCUT2D eigenvalue weighted by Crippen LogP contribution is 2.23. The fourth-order valence-electron chi connectivity index (χ4n) is 2.50. The van der Waals surface area contributed by atoms with Gasteiger partial charge in [-0.05, 0) is 55.7 Å². The average molecular weight is 284 g/mol. The first-order valence-corrected chi connectivity index (χ1v) is 7.28. The molecule has 0 saturated carbocycles. The van der Waals surface area contributed by atoms with Crippen LogP contribution in [0.4, 0.5) is 11.4 Å². The van der Waals surface area contributed by atoms with Crippen LogP contribution in [-0.4, -0.2) is 25.2 Å². The van der Waals surface area contributed by atoms with E-state index in [9.17, 15) is 5.11 Å². The van der Waals surface area contributed by atoms with E-state index in [1.807, 2.05) is 12.1 Å². The number of phenolic OH excluding ortho intramolecular Hbond substituents is 1. The van der Waals surface area contributed by atoms with E-state index in [1.54, 1.807) is 12.1 Å². The first kappa shape index (κ1) is 15.2. The molecule has 0 bridgehead atoms. The Bertz CT molecular complexity index is 591. The van der Waals surface area contributed by atoms with Crippen molar-refractivity contribution in [2.45, 2.75) is 26.3 Å². The third-order valence-corrected chi connectivity index (χ3v) is 3.58. The third-order valence-electron chi connectivity index (χ3n) is 3.58. The third kappa shape index (κ3) is 4.15. The molecule has 0 aromatic heterocycles. The number of nitrogens with one attached hydrogen (secondary N) is 1. The fourth-order valence-corrected chi connectivity index (χ4v) is 2.50. The second-order valence-corrected chi connectivity index (χ2v) is 5.81. The van der Waals surface area contributed by atoms with E-state index in [4.69, 9.17) is 0 Å². The van der Waals surface area contributed by atoms with Crippen molar-refractivity contribution in [1.82, 2.24) is 0 Å². The molecular formula is C18H24N2O. The Balaban J connectivity index is 2.04. The number of anilines is 2. The summed E-state index contributed by atoms with van der Waals surface area (Å²) in [7, 11) is 4.12. The summed E-state index contributed by atoms with van der Waals surface area (Å²) in [4.78, 5) is 2.13. The van der Waals surface area contributed by atoms with Gasteiger partial charge in [0.25, 0.3) is 0 Å². The zero-order valence-electron chi connectivity index (χ0n) is 13.2. The van der Waals surface area contributed by atoms with Crippen molar-refractivity contribution in [2.75, 3.05) is 24.3 Å². The number of rotatable bonds is 5. The molecule has 0 radical (unpaired) electrons. The number of aryl methyl sites for hydroxylation is 1. The molecule has 21 heavy (non-hydrogen) atoms. The van der Waals surface area contributed by atoms with E-state index in [-0.39, 0.29) is 0 Å². The van der Waals surface area contributed by atoms with Crippen molar-refractivity contribution >= 4 is 11.4 Å². The molecule has 2 N–H and O–H groups in total. The quantitative estimate of drug-likeness (QED) is 0.876. The lowest BCUT2D eigenvalue weighted by molar-refractivity contribution is 0.475. The molecule has 0 saturated heterocycles. The van der Waals surface area contributed by atoms with Gasteiger partial charge in [-0.3, -0.25) is 0 Å². The predicted molar refractivity (Wildman–Crippen MR) is 90.4 cm³/mol. The normalized spacial score (nSPS) is 12.0. The Hall–Kier alpha value is -2.16. The molecule has 2 aromatic rings. The summed E-state index contributed by atoms with van der Waals surface area (Å²) in [6, 6.07) is 14.2. The summed E-state index contributed by atoms with van der Waals surface area (Å²) < 4.78 is 0. The molecule has 0 fully saturated rings. The smallest absolute Gasteiger partial charge is 0.115 e. The number of aromatic hydroxyl groups is 1. The second kappa shape index (κ2) is 6.53. The summed E-state index contributed by atoms with van der Waals surface area (Å²) >= 11 is 0. The van der Waals surface area contributed by atoms with Crippen LogP contribution in [0.25, 0.3) is 0 Å². The van der Waals surface area contributed by atoms with Crippen molar-refractivity contribution in [3.05, 3.63) is 53.6 Å². The van der Waals surface area contributed by atoms with Gasteiger partial charge in [0.15, 0.2) is 0 Å². The Kier molecular flexibility index (Phi) is 4.73. The van der Waals surface area contributed by atoms with E-state index in [0.717, 1.165) is 12.1 Å². The summed E-state index contributed by atoms with van der Waals surface area (Å²) in [5, 5.41) is 12.9. The maximum absolute atomic E-state index is 9.31. The van der Waals surface area contributed by atoms with Crippen LogP contribution in [0.2, 0.25) is 0 Å². The van der Waals surface area contributed by atoms with Crippen LogP contribution in [-0.2, 0) is 6.42 Å². The molecule has 2 rings (SSSR count). The summed E-state index contributed by atoms with van der Waals surface area (Å²) in [6.07, 6.45) is 0.922. The molecule has 0 aliphatic heterocycles. The van der Waals surface area contributed by atoms with Gasteiger partial charge >= 0.3 is 0 Å². The molecule has 2 aromatic carbocycles. The minimum absolute atomic E-state index is 0.313. The molecule has 0 spiro atoms. The zero-order chi connectivity index (χ0) is 15.4. The van der Waals surface area contributed by atoms with Gasteiger partial charge < -0.3 is 15.3 Å². The molecule has 3 nitrogen and oxygen atoms in total. The Labute approximate surface area is 127 Å². The van der Waals surface area contributed by atoms with Crippen molar-refractivity contribution in [1.29, 1.82) is 0 Å². The molecule has 0 aliphatic rings. The lowest BCUT2D eigenvalue weighted by Gasteiger charge is -2.20. The van der Waals surface area contributed by atoms with E-state index < -0.39 is 0 Å². The molecule has 1 atom stereocenters. The van der Waals surface area contributed by atoms with Crippen LogP contribution >= 0.6 is 0 Å². The molecular weight excluding hydrogens is 260 g/mol.